The third kappa shape index (κ3) is 4.67. The quantitative estimate of drug-likeness (QED) is 0.909. The van der Waals surface area contributed by atoms with E-state index < -0.39 is 17.7 Å². The van der Waals surface area contributed by atoms with Crippen LogP contribution in [0.5, 0.6) is 0 Å². The maximum atomic E-state index is 12.7. The van der Waals surface area contributed by atoms with Crippen LogP contribution in [-0.2, 0) is 9.53 Å². The van der Waals surface area contributed by atoms with Crippen molar-refractivity contribution in [3.05, 3.63) is 18.1 Å². The first-order valence-electron chi connectivity index (χ1n) is 8.96. The second kappa shape index (κ2) is 6.98. The van der Waals surface area contributed by atoms with Crippen molar-refractivity contribution in [2.75, 3.05) is 11.9 Å². The van der Waals surface area contributed by atoms with Gasteiger partial charge in [0.15, 0.2) is 5.82 Å². The lowest BCUT2D eigenvalue weighted by molar-refractivity contribution is -0.122. The summed E-state index contributed by atoms with van der Waals surface area (Å²) < 4.78 is 5.44. The number of amides is 2. The Balaban J connectivity index is 1.64. The van der Waals surface area contributed by atoms with Crippen LogP contribution >= 0.6 is 0 Å². The van der Waals surface area contributed by atoms with Gasteiger partial charge in [0.25, 0.3) is 0 Å². The normalized spacial score (nSPS) is 20.9. The van der Waals surface area contributed by atoms with E-state index in [1.807, 2.05) is 20.8 Å². The number of nitrogens with zero attached hydrogens (tertiary/aromatic N) is 3. The number of hydrogen-bond donors (Lipinski definition) is 1. The van der Waals surface area contributed by atoms with Crippen molar-refractivity contribution in [3.63, 3.8) is 0 Å². The molecule has 1 saturated carbocycles. The molecule has 2 aliphatic rings. The predicted octanol–water partition coefficient (Wildman–Crippen LogP) is 3.08. The van der Waals surface area contributed by atoms with Crippen LogP contribution in [0, 0.1) is 0 Å². The van der Waals surface area contributed by atoms with Gasteiger partial charge in [-0.25, -0.2) is 9.78 Å². The molecule has 0 aromatic carbocycles. The number of rotatable bonds is 3. The van der Waals surface area contributed by atoms with E-state index in [1.54, 1.807) is 12.4 Å². The van der Waals surface area contributed by atoms with Crippen molar-refractivity contribution in [1.29, 1.82) is 0 Å². The van der Waals surface area contributed by atoms with Gasteiger partial charge in [-0.1, -0.05) is 0 Å². The fraction of sp³-hybridized carbons (Fsp3) is 0.667. The zero-order valence-electron chi connectivity index (χ0n) is 15.1. The molecule has 1 atom stereocenters. The summed E-state index contributed by atoms with van der Waals surface area (Å²) in [4.78, 5) is 35.2. The molecule has 7 heteroatoms. The average molecular weight is 346 g/mol. The van der Waals surface area contributed by atoms with Gasteiger partial charge in [-0.05, 0) is 52.9 Å². The summed E-state index contributed by atoms with van der Waals surface area (Å²) in [5, 5.41) is 2.78. The number of ether oxygens (including phenoxy) is 1. The second-order valence-electron chi connectivity index (χ2n) is 7.78. The van der Waals surface area contributed by atoms with Crippen LogP contribution in [-0.4, -0.2) is 45.1 Å². The molecule has 1 aliphatic heterocycles. The molecule has 1 saturated heterocycles. The summed E-state index contributed by atoms with van der Waals surface area (Å²) in [5.41, 5.74) is 0.394. The molecule has 0 unspecified atom stereocenters. The van der Waals surface area contributed by atoms with Gasteiger partial charge in [0.1, 0.15) is 11.6 Å². The number of aromatic nitrogens is 2. The Morgan fingerprint density at radius 3 is 2.52 bits per heavy atom. The van der Waals surface area contributed by atoms with Crippen molar-refractivity contribution < 1.29 is 14.3 Å². The minimum atomic E-state index is -0.584. The van der Waals surface area contributed by atoms with E-state index in [2.05, 4.69) is 15.3 Å². The Morgan fingerprint density at radius 1 is 1.16 bits per heavy atom. The molecular formula is C18H26N4O3. The molecule has 0 radical (unpaired) electrons. The third-order valence-electron chi connectivity index (χ3n) is 4.35. The topological polar surface area (TPSA) is 84.4 Å². The van der Waals surface area contributed by atoms with E-state index >= 15 is 0 Å². The number of hydrogen-bond acceptors (Lipinski definition) is 5. The average Bonchev–Trinajstić information content (AvgIpc) is 3.39. The Labute approximate surface area is 148 Å². The molecule has 1 aliphatic carbocycles. The number of anilines is 1. The summed E-state index contributed by atoms with van der Waals surface area (Å²) in [7, 11) is 0. The highest BCUT2D eigenvalue weighted by Gasteiger charge is 2.35. The van der Waals surface area contributed by atoms with E-state index in [0.29, 0.717) is 24.7 Å². The molecule has 1 aromatic rings. The van der Waals surface area contributed by atoms with Crippen LogP contribution in [0.4, 0.5) is 10.6 Å². The molecule has 1 aromatic heterocycles. The number of nitrogens with one attached hydrogen (secondary N) is 1. The van der Waals surface area contributed by atoms with Crippen LogP contribution in [0.3, 0.4) is 0 Å². The van der Waals surface area contributed by atoms with Gasteiger partial charge in [-0.15, -0.1) is 0 Å². The first kappa shape index (κ1) is 17.6. The maximum Gasteiger partial charge on any atom is 0.410 e. The summed E-state index contributed by atoms with van der Waals surface area (Å²) >= 11 is 0. The van der Waals surface area contributed by atoms with Crippen molar-refractivity contribution in [1.82, 2.24) is 14.9 Å². The van der Waals surface area contributed by atoms with E-state index in [1.165, 1.54) is 4.90 Å². The SMILES string of the molecule is CC(C)(C)OC(=O)N1CCCC[C@@H]1C(=O)Nc1cnc(C2CC2)cn1. The van der Waals surface area contributed by atoms with Gasteiger partial charge in [0, 0.05) is 12.5 Å². The van der Waals surface area contributed by atoms with Crippen LogP contribution < -0.4 is 5.32 Å². The minimum Gasteiger partial charge on any atom is -0.444 e. The number of likely N-dealkylation sites (tertiary alicyclic amines) is 1. The van der Waals surface area contributed by atoms with Crippen LogP contribution in [0.2, 0.25) is 0 Å². The highest BCUT2D eigenvalue weighted by molar-refractivity contribution is 5.95. The molecule has 2 fully saturated rings. The molecule has 7 nitrogen and oxygen atoms in total. The molecule has 0 bridgehead atoms. The third-order valence-corrected chi connectivity index (χ3v) is 4.35. The monoisotopic (exact) mass is 346 g/mol. The Kier molecular flexibility index (Phi) is 4.92. The van der Waals surface area contributed by atoms with Crippen molar-refractivity contribution >= 4 is 17.8 Å². The van der Waals surface area contributed by atoms with Crippen molar-refractivity contribution in [2.24, 2.45) is 0 Å². The van der Waals surface area contributed by atoms with E-state index in [0.717, 1.165) is 31.4 Å². The maximum absolute atomic E-state index is 12.7. The summed E-state index contributed by atoms with van der Waals surface area (Å²) in [5.74, 6) is 0.710. The summed E-state index contributed by atoms with van der Waals surface area (Å²) in [6, 6.07) is -0.534. The van der Waals surface area contributed by atoms with Gasteiger partial charge < -0.3 is 10.1 Å². The first-order valence-corrected chi connectivity index (χ1v) is 8.96. The number of piperidine rings is 1. The zero-order valence-corrected chi connectivity index (χ0v) is 15.1. The summed E-state index contributed by atoms with van der Waals surface area (Å²) in [6.45, 7) is 5.99. The van der Waals surface area contributed by atoms with Gasteiger partial charge in [-0.3, -0.25) is 14.7 Å². The molecule has 136 valence electrons. The lowest BCUT2D eigenvalue weighted by Gasteiger charge is -2.35. The number of carbonyl (C=O) groups excluding carboxylic acids is 2. The first-order chi connectivity index (χ1) is 11.8. The van der Waals surface area contributed by atoms with Crippen LogP contribution in [0.25, 0.3) is 0 Å². The van der Waals surface area contributed by atoms with Gasteiger partial charge >= 0.3 is 6.09 Å². The minimum absolute atomic E-state index is 0.237. The highest BCUT2D eigenvalue weighted by Crippen LogP contribution is 2.38. The van der Waals surface area contributed by atoms with E-state index in [4.69, 9.17) is 4.74 Å². The van der Waals surface area contributed by atoms with Crippen molar-refractivity contribution in [3.8, 4) is 0 Å². The number of carbonyl (C=O) groups is 2. The van der Waals surface area contributed by atoms with Gasteiger partial charge in [-0.2, -0.15) is 0 Å². The molecule has 2 amide bonds. The molecular weight excluding hydrogens is 320 g/mol. The van der Waals surface area contributed by atoms with E-state index in [9.17, 15) is 9.59 Å². The molecule has 3 rings (SSSR count). The fourth-order valence-electron chi connectivity index (χ4n) is 2.95. The zero-order chi connectivity index (χ0) is 18.0. The molecule has 2 heterocycles. The van der Waals surface area contributed by atoms with Gasteiger partial charge in [0.05, 0.1) is 18.1 Å². The van der Waals surface area contributed by atoms with Gasteiger partial charge in [0.2, 0.25) is 5.91 Å². The smallest absolute Gasteiger partial charge is 0.410 e. The highest BCUT2D eigenvalue weighted by atomic mass is 16.6. The molecule has 1 N–H and O–H groups in total. The summed E-state index contributed by atoms with van der Waals surface area (Å²) in [6.07, 6.45) is 7.59. The molecule has 0 spiro atoms. The van der Waals surface area contributed by atoms with Crippen LogP contribution in [0.1, 0.15) is 64.5 Å². The van der Waals surface area contributed by atoms with E-state index in [-0.39, 0.29) is 5.91 Å². The Hall–Kier alpha value is -2.18. The van der Waals surface area contributed by atoms with Crippen molar-refractivity contribution in [2.45, 2.75) is 70.4 Å². The largest absolute Gasteiger partial charge is 0.444 e. The Bertz CT molecular complexity index is 635. The predicted molar refractivity (Wildman–Crippen MR) is 93.2 cm³/mol. The lowest BCUT2D eigenvalue weighted by Crippen LogP contribution is -2.51. The lowest BCUT2D eigenvalue weighted by atomic mass is 10.0. The Morgan fingerprint density at radius 2 is 1.92 bits per heavy atom. The second-order valence-corrected chi connectivity index (χ2v) is 7.78. The standard InChI is InChI=1S/C18H26N4O3/c1-18(2,3)25-17(24)22-9-5-4-6-14(22)16(23)21-15-11-19-13(10-20-15)12-7-8-12/h10-12,14H,4-9H2,1-3H3,(H,20,21,23)/t14-/m1/s1. The molecule has 25 heavy (non-hydrogen) atoms. The van der Waals surface area contributed by atoms with Crippen LogP contribution in [0.15, 0.2) is 12.4 Å². The fourth-order valence-corrected chi connectivity index (χ4v) is 2.95.